The first-order valence-electron chi connectivity index (χ1n) is 8.48. The van der Waals surface area contributed by atoms with Gasteiger partial charge in [0.15, 0.2) is 0 Å². The largest absolute Gasteiger partial charge is 0.379 e. The molecule has 1 aliphatic heterocycles. The number of nitrogens with one attached hydrogen (secondary N) is 1. The van der Waals surface area contributed by atoms with Gasteiger partial charge in [0.25, 0.3) is 0 Å². The molecule has 1 aromatic carbocycles. The number of hydrogen-bond acceptors (Lipinski definition) is 5. The third kappa shape index (κ3) is 3.31. The lowest BCUT2D eigenvalue weighted by Crippen LogP contribution is -2.37. The SMILES string of the molecule is Brc1ccc2c(c1)-c1c(ncnc1NCCCN1CCOCC1)C2. The summed E-state index contributed by atoms with van der Waals surface area (Å²) in [4.78, 5) is 11.4. The second kappa shape index (κ2) is 7.17. The molecule has 0 amide bonds. The van der Waals surface area contributed by atoms with E-state index in [2.05, 4.69) is 54.3 Å². The van der Waals surface area contributed by atoms with Crippen molar-refractivity contribution in [2.45, 2.75) is 12.8 Å². The van der Waals surface area contributed by atoms with Crippen molar-refractivity contribution in [2.24, 2.45) is 0 Å². The number of hydrogen-bond donors (Lipinski definition) is 1. The Morgan fingerprint density at radius 1 is 1.21 bits per heavy atom. The Hall–Kier alpha value is -1.50. The average Bonchev–Trinajstić information content (AvgIpc) is 2.98. The molecule has 2 heterocycles. The summed E-state index contributed by atoms with van der Waals surface area (Å²) in [7, 11) is 0. The molecule has 126 valence electrons. The molecule has 0 radical (unpaired) electrons. The average molecular weight is 389 g/mol. The number of benzene rings is 1. The van der Waals surface area contributed by atoms with Gasteiger partial charge in [0.1, 0.15) is 12.1 Å². The van der Waals surface area contributed by atoms with Gasteiger partial charge in [-0.05, 0) is 36.2 Å². The van der Waals surface area contributed by atoms with Crippen LogP contribution in [-0.2, 0) is 11.2 Å². The van der Waals surface area contributed by atoms with E-state index in [0.29, 0.717) is 0 Å². The molecule has 0 bridgehead atoms. The van der Waals surface area contributed by atoms with Crippen LogP contribution in [0.25, 0.3) is 11.1 Å². The number of morpholine rings is 1. The molecule has 4 rings (SSSR count). The normalized spacial score (nSPS) is 16.7. The van der Waals surface area contributed by atoms with Crippen molar-refractivity contribution in [3.05, 3.63) is 40.3 Å². The van der Waals surface area contributed by atoms with Crippen molar-refractivity contribution in [1.82, 2.24) is 14.9 Å². The molecule has 0 unspecified atom stereocenters. The smallest absolute Gasteiger partial charge is 0.137 e. The molecule has 1 N–H and O–H groups in total. The van der Waals surface area contributed by atoms with Crippen LogP contribution < -0.4 is 5.32 Å². The minimum absolute atomic E-state index is 0.860. The standard InChI is InChI=1S/C18H21BrN4O/c19-14-3-2-13-10-16-17(15(13)11-14)18(22-12-21-16)20-4-1-5-23-6-8-24-9-7-23/h2-3,11-12H,1,4-10H2,(H,20,21,22). The summed E-state index contributed by atoms with van der Waals surface area (Å²) in [5.41, 5.74) is 4.86. The Morgan fingerprint density at radius 3 is 2.96 bits per heavy atom. The molecule has 6 heteroatoms. The highest BCUT2D eigenvalue weighted by Gasteiger charge is 2.23. The summed E-state index contributed by atoms with van der Waals surface area (Å²) >= 11 is 3.57. The van der Waals surface area contributed by atoms with Gasteiger partial charge in [-0.3, -0.25) is 4.90 Å². The number of anilines is 1. The van der Waals surface area contributed by atoms with Crippen molar-refractivity contribution < 1.29 is 4.74 Å². The number of halogens is 1. The molecule has 5 nitrogen and oxygen atoms in total. The van der Waals surface area contributed by atoms with Gasteiger partial charge in [0.05, 0.1) is 18.9 Å². The first-order chi connectivity index (χ1) is 11.8. The summed E-state index contributed by atoms with van der Waals surface area (Å²) in [6.45, 7) is 5.83. The van der Waals surface area contributed by atoms with Gasteiger partial charge in [0, 0.05) is 36.1 Å². The number of aromatic nitrogens is 2. The summed E-state index contributed by atoms with van der Waals surface area (Å²) in [6, 6.07) is 6.43. The lowest BCUT2D eigenvalue weighted by molar-refractivity contribution is 0.0378. The van der Waals surface area contributed by atoms with Crippen molar-refractivity contribution in [3.8, 4) is 11.1 Å². The summed E-state index contributed by atoms with van der Waals surface area (Å²) in [5, 5.41) is 3.52. The zero-order valence-corrected chi connectivity index (χ0v) is 15.2. The third-order valence-electron chi connectivity index (χ3n) is 4.67. The molecule has 1 fully saturated rings. The van der Waals surface area contributed by atoms with Crippen molar-refractivity contribution in [3.63, 3.8) is 0 Å². The Kier molecular flexibility index (Phi) is 4.78. The maximum atomic E-state index is 5.39. The first-order valence-corrected chi connectivity index (χ1v) is 9.27. The van der Waals surface area contributed by atoms with Gasteiger partial charge >= 0.3 is 0 Å². The van der Waals surface area contributed by atoms with Gasteiger partial charge in [-0.15, -0.1) is 0 Å². The fourth-order valence-electron chi connectivity index (χ4n) is 3.42. The summed E-state index contributed by atoms with van der Waals surface area (Å²) in [5.74, 6) is 0.957. The zero-order valence-electron chi connectivity index (χ0n) is 13.6. The molecule has 0 saturated carbocycles. The van der Waals surface area contributed by atoms with Crippen LogP contribution in [0.2, 0.25) is 0 Å². The highest BCUT2D eigenvalue weighted by molar-refractivity contribution is 9.10. The summed E-state index contributed by atoms with van der Waals surface area (Å²) < 4.78 is 6.48. The van der Waals surface area contributed by atoms with E-state index in [-0.39, 0.29) is 0 Å². The van der Waals surface area contributed by atoms with E-state index in [9.17, 15) is 0 Å². The van der Waals surface area contributed by atoms with Crippen LogP contribution in [0.4, 0.5) is 5.82 Å². The zero-order chi connectivity index (χ0) is 16.4. The Labute approximate surface area is 150 Å². The molecular weight excluding hydrogens is 368 g/mol. The van der Waals surface area contributed by atoms with E-state index in [1.807, 2.05) is 0 Å². The number of rotatable bonds is 5. The molecule has 1 saturated heterocycles. The van der Waals surface area contributed by atoms with Crippen molar-refractivity contribution in [2.75, 3.05) is 44.7 Å². The van der Waals surface area contributed by atoms with E-state index in [1.165, 1.54) is 16.7 Å². The number of ether oxygens (including phenoxy) is 1. The van der Waals surface area contributed by atoms with E-state index >= 15 is 0 Å². The number of fused-ring (bicyclic) bond motifs is 3. The predicted molar refractivity (Wildman–Crippen MR) is 98.3 cm³/mol. The van der Waals surface area contributed by atoms with E-state index in [4.69, 9.17) is 4.74 Å². The highest BCUT2D eigenvalue weighted by atomic mass is 79.9. The van der Waals surface area contributed by atoms with Crippen LogP contribution in [0.1, 0.15) is 17.7 Å². The van der Waals surface area contributed by atoms with Crippen LogP contribution in [0.5, 0.6) is 0 Å². The maximum Gasteiger partial charge on any atom is 0.137 e. The fraction of sp³-hybridized carbons (Fsp3) is 0.444. The molecule has 0 atom stereocenters. The van der Waals surface area contributed by atoms with E-state index in [0.717, 1.165) is 68.2 Å². The predicted octanol–water partition coefficient (Wildman–Crippen LogP) is 2.94. The highest BCUT2D eigenvalue weighted by Crippen LogP contribution is 2.40. The monoisotopic (exact) mass is 388 g/mol. The minimum atomic E-state index is 0.860. The fourth-order valence-corrected chi connectivity index (χ4v) is 3.78. The van der Waals surface area contributed by atoms with Crippen LogP contribution >= 0.6 is 15.9 Å². The molecular formula is C18H21BrN4O. The second-order valence-corrected chi connectivity index (χ2v) is 7.17. The van der Waals surface area contributed by atoms with Gasteiger partial charge in [-0.1, -0.05) is 22.0 Å². The Balaban J connectivity index is 1.43. The van der Waals surface area contributed by atoms with Crippen molar-refractivity contribution >= 4 is 21.7 Å². The van der Waals surface area contributed by atoms with Crippen LogP contribution in [0, 0.1) is 0 Å². The van der Waals surface area contributed by atoms with E-state index in [1.54, 1.807) is 6.33 Å². The maximum absolute atomic E-state index is 5.39. The van der Waals surface area contributed by atoms with Crippen LogP contribution in [0.15, 0.2) is 29.0 Å². The van der Waals surface area contributed by atoms with E-state index < -0.39 is 0 Å². The Bertz CT molecular complexity index is 731. The quantitative estimate of drug-likeness (QED) is 0.680. The first kappa shape index (κ1) is 16.0. The minimum Gasteiger partial charge on any atom is -0.379 e. The molecule has 24 heavy (non-hydrogen) atoms. The number of nitrogens with zero attached hydrogens (tertiary/aromatic N) is 3. The molecule has 2 aromatic rings. The van der Waals surface area contributed by atoms with Crippen LogP contribution in [-0.4, -0.2) is 54.3 Å². The van der Waals surface area contributed by atoms with Crippen LogP contribution in [0.3, 0.4) is 0 Å². The second-order valence-electron chi connectivity index (χ2n) is 6.26. The van der Waals surface area contributed by atoms with Gasteiger partial charge in [-0.2, -0.15) is 0 Å². The molecule has 1 aromatic heterocycles. The van der Waals surface area contributed by atoms with Gasteiger partial charge < -0.3 is 10.1 Å². The summed E-state index contributed by atoms with van der Waals surface area (Å²) in [6.07, 6.45) is 3.66. The topological polar surface area (TPSA) is 50.3 Å². The molecule has 0 spiro atoms. The van der Waals surface area contributed by atoms with Crippen molar-refractivity contribution in [1.29, 1.82) is 0 Å². The lowest BCUT2D eigenvalue weighted by atomic mass is 10.1. The third-order valence-corrected chi connectivity index (χ3v) is 5.17. The Morgan fingerprint density at radius 2 is 2.08 bits per heavy atom. The van der Waals surface area contributed by atoms with Gasteiger partial charge in [-0.25, -0.2) is 9.97 Å². The molecule has 2 aliphatic rings. The lowest BCUT2D eigenvalue weighted by Gasteiger charge is -2.26. The van der Waals surface area contributed by atoms with Gasteiger partial charge in [0.2, 0.25) is 0 Å². The molecule has 1 aliphatic carbocycles.